The zero-order chi connectivity index (χ0) is 56.5. The number of phenols is 1. The average Bonchev–Trinajstić information content (AvgIpc) is 3.34. The third-order valence-corrected chi connectivity index (χ3v) is 11.8. The van der Waals surface area contributed by atoms with Crippen molar-refractivity contribution in [2.45, 2.75) is 142 Å². The number of nitrogens with two attached hydrogens (primary N) is 3. The molecule has 9 atom stereocenters. The maximum atomic E-state index is 13.9. The van der Waals surface area contributed by atoms with Crippen LogP contribution in [-0.2, 0) is 60.8 Å². The van der Waals surface area contributed by atoms with Gasteiger partial charge in [-0.2, -0.15) is 0 Å². The first-order chi connectivity index (χ1) is 35.2. The number of hydrogen-bond acceptors (Lipinski definition) is 13. The maximum Gasteiger partial charge on any atom is 0.326 e. The van der Waals surface area contributed by atoms with Crippen molar-refractivity contribution >= 4 is 65.2 Å². The fraction of sp³-hybridized carbons (Fsp3) is 0.540. The molecule has 0 bridgehead atoms. The minimum Gasteiger partial charge on any atom is -0.508 e. The van der Waals surface area contributed by atoms with E-state index in [4.69, 9.17) is 17.2 Å². The number of carbonyl (C=O) groups is 10. The second kappa shape index (κ2) is 31.7. The summed E-state index contributed by atoms with van der Waals surface area (Å²) in [6.45, 7) is 10.9. The molecule has 0 saturated carbocycles. The van der Waals surface area contributed by atoms with E-state index < -0.39 is 132 Å². The topological polar surface area (TPSA) is 418 Å². The highest BCUT2D eigenvalue weighted by Crippen LogP contribution is 2.15. The van der Waals surface area contributed by atoms with Crippen LogP contribution in [0, 0.1) is 17.8 Å². The quantitative estimate of drug-likeness (QED) is 0.0223. The van der Waals surface area contributed by atoms with Crippen LogP contribution < -0.4 is 59.7 Å². The van der Waals surface area contributed by atoms with Crippen molar-refractivity contribution in [1.82, 2.24) is 42.5 Å². The molecule has 414 valence electrons. The summed E-state index contributed by atoms with van der Waals surface area (Å²) in [5, 5.41) is 49.2. The Morgan fingerprint density at radius 2 is 1.15 bits per heavy atom. The van der Waals surface area contributed by atoms with Gasteiger partial charge in [-0.05, 0) is 73.6 Å². The largest absolute Gasteiger partial charge is 0.508 e. The molecule has 17 N–H and O–H groups in total. The smallest absolute Gasteiger partial charge is 0.326 e. The number of aromatic hydroxyl groups is 1. The molecule has 0 aliphatic carbocycles. The van der Waals surface area contributed by atoms with E-state index in [0.29, 0.717) is 12.0 Å². The van der Waals surface area contributed by atoms with Gasteiger partial charge >= 0.3 is 11.9 Å². The lowest BCUT2D eigenvalue weighted by Gasteiger charge is -2.29. The summed E-state index contributed by atoms with van der Waals surface area (Å²) in [5.74, 6) is -11.3. The number of hydrogen-bond donors (Lipinski definition) is 14. The molecule has 75 heavy (non-hydrogen) atoms. The molecule has 2 aromatic rings. The van der Waals surface area contributed by atoms with Crippen molar-refractivity contribution in [2.75, 3.05) is 13.1 Å². The lowest BCUT2D eigenvalue weighted by Crippen LogP contribution is -2.61. The second-order valence-electron chi connectivity index (χ2n) is 19.0. The van der Waals surface area contributed by atoms with Crippen LogP contribution >= 0.6 is 0 Å². The molecule has 0 saturated heterocycles. The van der Waals surface area contributed by atoms with Gasteiger partial charge in [-0.3, -0.25) is 48.1 Å². The predicted octanol–water partition coefficient (Wildman–Crippen LogP) is -1.60. The van der Waals surface area contributed by atoms with Gasteiger partial charge in [-0.25, -0.2) is 4.79 Å². The molecule has 0 fully saturated rings. The van der Waals surface area contributed by atoms with Crippen LogP contribution in [0.25, 0.3) is 0 Å². The number of nitrogens with one attached hydrogen (secondary N) is 8. The Labute approximate surface area is 436 Å². The Hall–Kier alpha value is -7.83. The highest BCUT2D eigenvalue weighted by molar-refractivity contribution is 5.98. The first kappa shape index (κ1) is 63.3. The molecule has 0 heterocycles. The van der Waals surface area contributed by atoms with Gasteiger partial charge in [0.25, 0.3) is 0 Å². The SMILES string of the molecule is CC[C@H](C)[C@H](NC(=O)[C@H](C)NC(=O)[C@H](CCCN=C(N)N)NC(=O)[C@H](CC(=O)O)NC(=O)[C@@H](NC(=O)CNC(=O)[C@@H](N)Cc1ccccc1)C(C)C)C(=O)N[C@@H](CC(C)C)C(=O)N[C@@H](Cc1ccc(O)cc1)C(=O)O. The molecule has 0 unspecified atom stereocenters. The zero-order valence-electron chi connectivity index (χ0n) is 43.5. The minimum atomic E-state index is -1.80. The van der Waals surface area contributed by atoms with Gasteiger partial charge < -0.3 is 75.1 Å². The van der Waals surface area contributed by atoms with Crippen molar-refractivity contribution < 1.29 is 63.3 Å². The van der Waals surface area contributed by atoms with Gasteiger partial charge in [0.05, 0.1) is 19.0 Å². The summed E-state index contributed by atoms with van der Waals surface area (Å²) < 4.78 is 0. The first-order valence-electron chi connectivity index (χ1n) is 24.7. The number of nitrogens with zero attached hydrogens (tertiary/aromatic N) is 1. The molecule has 8 amide bonds. The van der Waals surface area contributed by atoms with Crippen LogP contribution in [0.3, 0.4) is 0 Å². The number of aliphatic carboxylic acids is 2. The van der Waals surface area contributed by atoms with Gasteiger partial charge in [-0.1, -0.05) is 90.4 Å². The van der Waals surface area contributed by atoms with Crippen LogP contribution in [0.4, 0.5) is 0 Å². The van der Waals surface area contributed by atoms with Gasteiger partial charge in [0.1, 0.15) is 48.0 Å². The number of amides is 8. The number of phenolic OH excluding ortho intramolecular Hbond substituents is 1. The lowest BCUT2D eigenvalue weighted by atomic mass is 9.96. The summed E-state index contributed by atoms with van der Waals surface area (Å²) >= 11 is 0. The molecular weight excluding hydrogens is 977 g/mol. The molecule has 0 aliphatic heterocycles. The Morgan fingerprint density at radius 3 is 1.71 bits per heavy atom. The molecule has 25 heteroatoms. The van der Waals surface area contributed by atoms with Crippen molar-refractivity contribution in [3.05, 3.63) is 65.7 Å². The van der Waals surface area contributed by atoms with E-state index in [2.05, 4.69) is 47.5 Å². The zero-order valence-corrected chi connectivity index (χ0v) is 43.5. The highest BCUT2D eigenvalue weighted by atomic mass is 16.4. The molecular formula is C50H76N12O13. The van der Waals surface area contributed by atoms with Crippen molar-refractivity contribution in [2.24, 2.45) is 39.9 Å². The van der Waals surface area contributed by atoms with Crippen LogP contribution in [0.15, 0.2) is 59.6 Å². The number of benzene rings is 2. The molecule has 2 rings (SSSR count). The number of carboxylic acids is 2. The number of carboxylic acid groups (broad SMARTS) is 2. The summed E-state index contributed by atoms with van der Waals surface area (Å²) in [7, 11) is 0. The molecule has 0 radical (unpaired) electrons. The van der Waals surface area contributed by atoms with Crippen LogP contribution in [0.2, 0.25) is 0 Å². The number of carbonyl (C=O) groups excluding carboxylic acids is 8. The molecule has 25 nitrogen and oxygen atoms in total. The standard InChI is InChI=1S/C50H76N12O13/c1-8-28(6)41(48(73)58-35(21-26(2)3)45(70)60-37(49(74)75)23-31-16-18-32(63)19-17-31)62-42(67)29(7)56-44(69)34(15-12-20-54-50(52)53)57-46(71)36(24-39(65)66)59-47(72)40(27(4)5)61-38(64)25-55-43(68)33(51)22-30-13-10-9-11-14-30/h9-11,13-14,16-19,26-29,33-37,40-41,63H,8,12,15,20-25,51H2,1-7H3,(H,55,68)(H,56,69)(H,57,71)(H,58,73)(H,59,72)(H,60,70)(H,61,64)(H,62,67)(H,65,66)(H,74,75)(H4,52,53,54)/t28-,29-,33-,34-,35-,36-,37-,40-,41-/m0/s1. The lowest BCUT2D eigenvalue weighted by molar-refractivity contribution is -0.142. The average molecular weight is 1050 g/mol. The van der Waals surface area contributed by atoms with Gasteiger partial charge in [0, 0.05) is 13.0 Å². The number of rotatable bonds is 32. The molecule has 0 aromatic heterocycles. The molecule has 0 aliphatic rings. The third kappa shape index (κ3) is 23.3. The van der Waals surface area contributed by atoms with Gasteiger partial charge in [-0.15, -0.1) is 0 Å². The highest BCUT2D eigenvalue weighted by Gasteiger charge is 2.36. The summed E-state index contributed by atoms with van der Waals surface area (Å²) in [5.41, 5.74) is 18.2. The summed E-state index contributed by atoms with van der Waals surface area (Å²) in [4.78, 5) is 136. The normalized spacial score (nSPS) is 14.6. The molecule has 2 aromatic carbocycles. The Kier molecular flexibility index (Phi) is 26.7. The van der Waals surface area contributed by atoms with E-state index in [0.717, 1.165) is 5.56 Å². The van der Waals surface area contributed by atoms with Crippen molar-refractivity contribution in [3.8, 4) is 5.75 Å². The number of guanidine groups is 1. The maximum absolute atomic E-state index is 13.9. The monoisotopic (exact) mass is 1050 g/mol. The van der Waals surface area contributed by atoms with Crippen molar-refractivity contribution in [3.63, 3.8) is 0 Å². The van der Waals surface area contributed by atoms with E-state index in [1.807, 2.05) is 0 Å². The summed E-state index contributed by atoms with van der Waals surface area (Å²) in [6, 6.07) is 3.82. The van der Waals surface area contributed by atoms with Crippen molar-refractivity contribution in [1.29, 1.82) is 0 Å². The second-order valence-corrected chi connectivity index (χ2v) is 19.0. The predicted molar refractivity (Wildman–Crippen MR) is 276 cm³/mol. The van der Waals surface area contributed by atoms with Crippen LogP contribution in [-0.4, -0.2) is 142 Å². The van der Waals surface area contributed by atoms with Gasteiger partial charge in [0.2, 0.25) is 47.3 Å². The van der Waals surface area contributed by atoms with E-state index in [9.17, 15) is 63.3 Å². The van der Waals surface area contributed by atoms with Crippen LogP contribution in [0.5, 0.6) is 5.75 Å². The van der Waals surface area contributed by atoms with Gasteiger partial charge in [0.15, 0.2) is 5.96 Å². The number of aliphatic imine (C=N–C) groups is 1. The van der Waals surface area contributed by atoms with E-state index in [1.165, 1.54) is 31.2 Å². The van der Waals surface area contributed by atoms with E-state index >= 15 is 0 Å². The Balaban J connectivity index is 2.24. The fourth-order valence-electron chi connectivity index (χ4n) is 7.37. The first-order valence-corrected chi connectivity index (χ1v) is 24.7. The fourth-order valence-corrected chi connectivity index (χ4v) is 7.37. The van der Waals surface area contributed by atoms with E-state index in [1.54, 1.807) is 71.9 Å². The molecule has 0 spiro atoms. The van der Waals surface area contributed by atoms with E-state index in [-0.39, 0.29) is 56.3 Å². The van der Waals surface area contributed by atoms with Crippen LogP contribution in [0.1, 0.15) is 91.7 Å². The third-order valence-electron chi connectivity index (χ3n) is 11.8. The minimum absolute atomic E-state index is 0.0145. The Bertz CT molecular complexity index is 2290. The summed E-state index contributed by atoms with van der Waals surface area (Å²) in [6.07, 6.45) is -0.544. The Morgan fingerprint density at radius 1 is 0.600 bits per heavy atom.